The van der Waals surface area contributed by atoms with E-state index in [1.165, 1.54) is 0 Å². The maximum absolute atomic E-state index is 11.8. The molecule has 0 aliphatic heterocycles. The Balaban J connectivity index is 2.38. The Bertz CT molecular complexity index is 474. The third-order valence-electron chi connectivity index (χ3n) is 3.48. The first-order valence-corrected chi connectivity index (χ1v) is 7.60. The van der Waals surface area contributed by atoms with E-state index in [2.05, 4.69) is 5.32 Å². The summed E-state index contributed by atoms with van der Waals surface area (Å²) in [5.41, 5.74) is 0.919. The average Bonchev–Trinajstić information content (AvgIpc) is 2.45. The number of hydrogen-bond acceptors (Lipinski definition) is 2. The molecule has 1 unspecified atom stereocenters. The lowest BCUT2D eigenvalue weighted by Gasteiger charge is -2.27. The predicted octanol–water partition coefficient (Wildman–Crippen LogP) is 2.65. The number of benzene rings is 1. The van der Waals surface area contributed by atoms with Crippen molar-refractivity contribution >= 4 is 23.4 Å². The Morgan fingerprint density at radius 2 is 1.90 bits per heavy atom. The number of nitrogens with zero attached hydrogens (tertiary/aromatic N) is 1. The molecule has 116 valence electrons. The van der Waals surface area contributed by atoms with Gasteiger partial charge < -0.3 is 10.2 Å². The van der Waals surface area contributed by atoms with Gasteiger partial charge in [-0.1, -0.05) is 30.7 Å². The molecule has 1 atom stereocenters. The minimum atomic E-state index is -0.0509. The van der Waals surface area contributed by atoms with E-state index in [0.717, 1.165) is 12.0 Å². The predicted molar refractivity (Wildman–Crippen MR) is 85.3 cm³/mol. The molecular weight excluding hydrogens is 288 g/mol. The van der Waals surface area contributed by atoms with Crippen molar-refractivity contribution in [3.05, 3.63) is 34.9 Å². The van der Waals surface area contributed by atoms with Gasteiger partial charge in [0.15, 0.2) is 0 Å². The number of nitrogens with one attached hydrogen (secondary N) is 1. The van der Waals surface area contributed by atoms with Crippen LogP contribution in [0.15, 0.2) is 24.3 Å². The summed E-state index contributed by atoms with van der Waals surface area (Å²) in [7, 11) is 0. The largest absolute Gasteiger partial charge is 0.354 e. The molecule has 5 heteroatoms. The summed E-state index contributed by atoms with van der Waals surface area (Å²) in [5, 5.41) is 3.50. The minimum Gasteiger partial charge on any atom is -0.354 e. The van der Waals surface area contributed by atoms with Crippen LogP contribution in [0.5, 0.6) is 0 Å². The number of carbonyl (C=O) groups excluding carboxylic acids is 2. The van der Waals surface area contributed by atoms with Crippen molar-refractivity contribution < 1.29 is 9.59 Å². The second kappa shape index (κ2) is 8.67. The van der Waals surface area contributed by atoms with E-state index in [4.69, 9.17) is 11.6 Å². The van der Waals surface area contributed by atoms with Gasteiger partial charge >= 0.3 is 0 Å². The maximum Gasteiger partial charge on any atom is 0.224 e. The zero-order valence-corrected chi connectivity index (χ0v) is 13.6. The fraction of sp³-hybridized carbons (Fsp3) is 0.500. The van der Waals surface area contributed by atoms with E-state index in [-0.39, 0.29) is 17.9 Å². The molecule has 4 nitrogen and oxygen atoms in total. The van der Waals surface area contributed by atoms with Crippen molar-refractivity contribution in [2.75, 3.05) is 13.1 Å². The summed E-state index contributed by atoms with van der Waals surface area (Å²) in [5.74, 6) is -0.0127. The van der Waals surface area contributed by atoms with Gasteiger partial charge in [0.25, 0.3) is 0 Å². The van der Waals surface area contributed by atoms with Gasteiger partial charge in [0.2, 0.25) is 11.8 Å². The van der Waals surface area contributed by atoms with Crippen molar-refractivity contribution in [2.24, 2.45) is 0 Å². The van der Waals surface area contributed by atoms with Gasteiger partial charge in [0, 0.05) is 31.1 Å². The van der Waals surface area contributed by atoms with Crippen LogP contribution in [0.1, 0.15) is 32.8 Å². The Morgan fingerprint density at radius 1 is 1.29 bits per heavy atom. The van der Waals surface area contributed by atoms with E-state index < -0.39 is 0 Å². The van der Waals surface area contributed by atoms with Crippen LogP contribution in [0, 0.1) is 0 Å². The fourth-order valence-electron chi connectivity index (χ4n) is 2.07. The first-order valence-electron chi connectivity index (χ1n) is 7.22. The Morgan fingerprint density at radius 3 is 2.43 bits per heavy atom. The topological polar surface area (TPSA) is 49.4 Å². The van der Waals surface area contributed by atoms with Crippen molar-refractivity contribution in [3.8, 4) is 0 Å². The summed E-state index contributed by atoms with van der Waals surface area (Å²) < 4.78 is 0. The molecule has 0 aliphatic rings. The van der Waals surface area contributed by atoms with Crippen LogP contribution in [0.4, 0.5) is 0 Å². The monoisotopic (exact) mass is 310 g/mol. The summed E-state index contributed by atoms with van der Waals surface area (Å²) in [4.78, 5) is 25.2. The quantitative estimate of drug-likeness (QED) is 0.841. The molecule has 0 bridgehead atoms. The molecule has 0 aliphatic carbocycles. The van der Waals surface area contributed by atoms with Crippen LogP contribution in [0.3, 0.4) is 0 Å². The van der Waals surface area contributed by atoms with E-state index >= 15 is 0 Å². The van der Waals surface area contributed by atoms with Gasteiger partial charge in [-0.3, -0.25) is 9.59 Å². The average molecular weight is 311 g/mol. The second-order valence-electron chi connectivity index (χ2n) is 5.12. The molecular formula is C16H23ClN2O2. The number of amides is 2. The Kier molecular flexibility index (Phi) is 7.23. The highest BCUT2D eigenvalue weighted by atomic mass is 35.5. The van der Waals surface area contributed by atoms with Crippen LogP contribution >= 0.6 is 11.6 Å². The zero-order chi connectivity index (χ0) is 15.8. The molecule has 2 amide bonds. The van der Waals surface area contributed by atoms with Gasteiger partial charge in [0.05, 0.1) is 6.42 Å². The first-order chi connectivity index (χ1) is 9.93. The molecule has 21 heavy (non-hydrogen) atoms. The molecule has 0 fully saturated rings. The molecule has 0 saturated heterocycles. The summed E-state index contributed by atoms with van der Waals surface area (Å²) in [6.45, 7) is 6.62. The maximum atomic E-state index is 11.8. The van der Waals surface area contributed by atoms with E-state index in [0.29, 0.717) is 24.5 Å². The third-order valence-corrected chi connectivity index (χ3v) is 3.73. The summed E-state index contributed by atoms with van der Waals surface area (Å²) in [6.07, 6.45) is 1.22. The molecule has 0 saturated carbocycles. The third kappa shape index (κ3) is 6.17. The number of halogens is 1. The highest BCUT2D eigenvalue weighted by Gasteiger charge is 2.14. The lowest BCUT2D eigenvalue weighted by Crippen LogP contribution is -2.42. The van der Waals surface area contributed by atoms with Crippen molar-refractivity contribution in [1.29, 1.82) is 0 Å². The van der Waals surface area contributed by atoms with E-state index in [1.807, 2.05) is 26.0 Å². The van der Waals surface area contributed by atoms with Gasteiger partial charge in [-0.25, -0.2) is 0 Å². The molecule has 1 aromatic carbocycles. The minimum absolute atomic E-state index is 0.0382. The molecule has 0 heterocycles. The highest BCUT2D eigenvalue weighted by Crippen LogP contribution is 2.09. The van der Waals surface area contributed by atoms with Gasteiger partial charge in [-0.15, -0.1) is 0 Å². The molecule has 0 aromatic heterocycles. The SMILES string of the molecule is CCC(C)N(CCNC(=O)Cc1ccc(Cl)cc1)C(C)=O. The smallest absolute Gasteiger partial charge is 0.224 e. The van der Waals surface area contributed by atoms with Gasteiger partial charge in [-0.05, 0) is 31.0 Å². The first kappa shape index (κ1) is 17.5. The Labute approximate surface area is 131 Å². The standard InChI is InChI=1S/C16H23ClN2O2/c1-4-12(2)19(13(3)20)10-9-18-16(21)11-14-5-7-15(17)8-6-14/h5-8,12H,4,9-11H2,1-3H3,(H,18,21). The molecule has 0 spiro atoms. The second-order valence-corrected chi connectivity index (χ2v) is 5.56. The van der Waals surface area contributed by atoms with Crippen LogP contribution < -0.4 is 5.32 Å². The zero-order valence-electron chi connectivity index (χ0n) is 12.9. The number of hydrogen-bond donors (Lipinski definition) is 1. The normalized spacial score (nSPS) is 11.8. The molecule has 1 rings (SSSR count). The van der Waals surface area contributed by atoms with Crippen molar-refractivity contribution in [3.63, 3.8) is 0 Å². The fourth-order valence-corrected chi connectivity index (χ4v) is 2.20. The Hall–Kier alpha value is -1.55. The van der Waals surface area contributed by atoms with Crippen LogP contribution in [-0.4, -0.2) is 35.8 Å². The van der Waals surface area contributed by atoms with Crippen LogP contribution in [0.25, 0.3) is 0 Å². The van der Waals surface area contributed by atoms with Gasteiger partial charge in [-0.2, -0.15) is 0 Å². The van der Waals surface area contributed by atoms with E-state index in [1.54, 1.807) is 24.0 Å². The van der Waals surface area contributed by atoms with Crippen molar-refractivity contribution in [1.82, 2.24) is 10.2 Å². The number of rotatable bonds is 7. The van der Waals surface area contributed by atoms with Gasteiger partial charge in [0.1, 0.15) is 0 Å². The number of carbonyl (C=O) groups is 2. The van der Waals surface area contributed by atoms with E-state index in [9.17, 15) is 9.59 Å². The lowest BCUT2D eigenvalue weighted by atomic mass is 10.1. The molecule has 1 aromatic rings. The molecule has 1 N–H and O–H groups in total. The lowest BCUT2D eigenvalue weighted by molar-refractivity contribution is -0.131. The van der Waals surface area contributed by atoms with Crippen molar-refractivity contribution in [2.45, 2.75) is 39.7 Å². The summed E-state index contributed by atoms with van der Waals surface area (Å²) >= 11 is 5.80. The van der Waals surface area contributed by atoms with Crippen LogP contribution in [-0.2, 0) is 16.0 Å². The summed E-state index contributed by atoms with van der Waals surface area (Å²) in [6, 6.07) is 7.40. The highest BCUT2D eigenvalue weighted by molar-refractivity contribution is 6.30. The molecule has 0 radical (unpaired) electrons. The van der Waals surface area contributed by atoms with Crippen LogP contribution in [0.2, 0.25) is 5.02 Å².